The van der Waals surface area contributed by atoms with Gasteiger partial charge in [-0.2, -0.15) is 0 Å². The predicted octanol–water partition coefficient (Wildman–Crippen LogP) is 2.79. The highest BCUT2D eigenvalue weighted by Crippen LogP contribution is 2.42. The fraction of sp³-hybridized carbons (Fsp3) is 0.941. The van der Waals surface area contributed by atoms with Gasteiger partial charge in [0.25, 0.3) is 0 Å². The first-order valence-corrected chi connectivity index (χ1v) is 8.88. The Morgan fingerprint density at radius 1 is 1.35 bits per heavy atom. The number of hydrogen-bond donors (Lipinski definition) is 2. The minimum absolute atomic E-state index is 0. The lowest BCUT2D eigenvalue weighted by atomic mass is 9.67. The number of rotatable bonds is 9. The lowest BCUT2D eigenvalue weighted by Gasteiger charge is -2.41. The lowest BCUT2D eigenvalue weighted by molar-refractivity contribution is 0.0887. The summed E-state index contributed by atoms with van der Waals surface area (Å²) >= 11 is 0. The summed E-state index contributed by atoms with van der Waals surface area (Å²) in [7, 11) is 1.84. The molecule has 1 unspecified atom stereocenters. The molecule has 0 bridgehead atoms. The van der Waals surface area contributed by atoms with Crippen LogP contribution in [0.15, 0.2) is 4.99 Å². The van der Waals surface area contributed by atoms with Crippen LogP contribution in [-0.4, -0.2) is 52.5 Å². The van der Waals surface area contributed by atoms with E-state index >= 15 is 0 Å². The Balaban J connectivity index is 0.00000264. The molecule has 1 aliphatic heterocycles. The normalized spacial score (nSPS) is 23.0. The predicted molar refractivity (Wildman–Crippen MR) is 106 cm³/mol. The van der Waals surface area contributed by atoms with Gasteiger partial charge in [0.15, 0.2) is 5.96 Å². The minimum Gasteiger partial charge on any atom is -0.381 e. The van der Waals surface area contributed by atoms with Crippen LogP contribution in [-0.2, 0) is 9.47 Å². The van der Waals surface area contributed by atoms with E-state index in [1.54, 1.807) is 0 Å². The molecular weight excluding hydrogens is 405 g/mol. The van der Waals surface area contributed by atoms with Crippen LogP contribution in [0.5, 0.6) is 0 Å². The van der Waals surface area contributed by atoms with E-state index < -0.39 is 0 Å². The second-order valence-corrected chi connectivity index (χ2v) is 6.72. The maximum Gasteiger partial charge on any atom is 0.190 e. The molecule has 5 nitrogen and oxygen atoms in total. The number of ether oxygens (including phenoxy) is 2. The molecule has 0 amide bonds. The molecule has 0 aromatic heterocycles. The van der Waals surface area contributed by atoms with Crippen molar-refractivity contribution >= 4 is 29.9 Å². The summed E-state index contributed by atoms with van der Waals surface area (Å²) in [6, 6.07) is 0. The third-order valence-electron chi connectivity index (χ3n) is 5.15. The van der Waals surface area contributed by atoms with Crippen LogP contribution in [0.4, 0.5) is 0 Å². The molecule has 136 valence electrons. The molecule has 1 saturated carbocycles. The van der Waals surface area contributed by atoms with Crippen LogP contribution in [0, 0.1) is 11.3 Å². The quantitative estimate of drug-likeness (QED) is 0.251. The Morgan fingerprint density at radius 3 is 2.74 bits per heavy atom. The third-order valence-corrected chi connectivity index (χ3v) is 5.15. The molecule has 1 heterocycles. The van der Waals surface area contributed by atoms with E-state index in [0.29, 0.717) is 11.3 Å². The van der Waals surface area contributed by atoms with Gasteiger partial charge < -0.3 is 20.1 Å². The van der Waals surface area contributed by atoms with Gasteiger partial charge in [-0.05, 0) is 37.5 Å². The summed E-state index contributed by atoms with van der Waals surface area (Å²) in [4.78, 5) is 4.30. The number of nitrogens with zero attached hydrogens (tertiary/aromatic N) is 1. The van der Waals surface area contributed by atoms with Gasteiger partial charge in [-0.15, -0.1) is 24.0 Å². The summed E-state index contributed by atoms with van der Waals surface area (Å²) in [5, 5.41) is 6.86. The van der Waals surface area contributed by atoms with Crippen molar-refractivity contribution in [2.75, 3.05) is 46.6 Å². The Hall–Kier alpha value is -0.0800. The standard InChI is InChI=1S/C17H33N3O2.HI/c1-3-17(7-4-8-17)14-20-16(18-2)19-9-5-10-21-12-15-6-11-22-13-15;/h15H,3-14H2,1-2H3,(H2,18,19,20);1H. The molecule has 1 atom stereocenters. The van der Waals surface area contributed by atoms with Gasteiger partial charge in [0, 0.05) is 39.3 Å². The molecule has 1 aliphatic carbocycles. The number of nitrogens with one attached hydrogen (secondary N) is 2. The maximum atomic E-state index is 5.71. The number of guanidine groups is 1. The topological polar surface area (TPSA) is 54.9 Å². The van der Waals surface area contributed by atoms with Gasteiger partial charge in [0.05, 0.1) is 13.2 Å². The fourth-order valence-electron chi connectivity index (χ4n) is 3.17. The van der Waals surface area contributed by atoms with Crippen LogP contribution in [0.2, 0.25) is 0 Å². The number of halogens is 1. The van der Waals surface area contributed by atoms with Gasteiger partial charge in [0.2, 0.25) is 0 Å². The SMILES string of the molecule is CCC1(CNC(=NC)NCCCOCC2CCOC2)CCC1.I. The van der Waals surface area contributed by atoms with E-state index in [1.807, 2.05) is 7.05 Å². The van der Waals surface area contributed by atoms with Gasteiger partial charge in [-0.25, -0.2) is 0 Å². The molecule has 2 rings (SSSR count). The summed E-state index contributed by atoms with van der Waals surface area (Å²) in [6.45, 7) is 7.65. The van der Waals surface area contributed by atoms with Crippen molar-refractivity contribution in [3.05, 3.63) is 0 Å². The van der Waals surface area contributed by atoms with Crippen molar-refractivity contribution in [3.8, 4) is 0 Å². The average molecular weight is 439 g/mol. The maximum absolute atomic E-state index is 5.71. The van der Waals surface area contributed by atoms with Gasteiger partial charge in [0.1, 0.15) is 0 Å². The third kappa shape index (κ3) is 7.13. The second kappa shape index (κ2) is 11.5. The van der Waals surface area contributed by atoms with Crippen LogP contribution in [0.25, 0.3) is 0 Å². The van der Waals surface area contributed by atoms with Crippen molar-refractivity contribution in [1.29, 1.82) is 0 Å². The second-order valence-electron chi connectivity index (χ2n) is 6.72. The average Bonchev–Trinajstić information content (AvgIpc) is 3.01. The number of aliphatic imine (C=N–C) groups is 1. The molecule has 0 spiro atoms. The van der Waals surface area contributed by atoms with Crippen molar-refractivity contribution in [1.82, 2.24) is 10.6 Å². The Bertz CT molecular complexity index is 337. The van der Waals surface area contributed by atoms with E-state index in [0.717, 1.165) is 58.3 Å². The minimum atomic E-state index is 0. The van der Waals surface area contributed by atoms with E-state index in [2.05, 4.69) is 22.5 Å². The van der Waals surface area contributed by atoms with Gasteiger partial charge in [-0.1, -0.05) is 13.3 Å². The highest BCUT2D eigenvalue weighted by Gasteiger charge is 2.34. The molecule has 23 heavy (non-hydrogen) atoms. The number of hydrogen-bond acceptors (Lipinski definition) is 3. The van der Waals surface area contributed by atoms with E-state index in [-0.39, 0.29) is 24.0 Å². The van der Waals surface area contributed by atoms with Crippen molar-refractivity contribution in [2.24, 2.45) is 16.3 Å². The fourth-order valence-corrected chi connectivity index (χ4v) is 3.17. The van der Waals surface area contributed by atoms with Crippen LogP contribution >= 0.6 is 24.0 Å². The van der Waals surface area contributed by atoms with E-state index in [1.165, 1.54) is 25.7 Å². The molecule has 2 fully saturated rings. The summed E-state index contributed by atoms with van der Waals surface area (Å²) in [6.07, 6.45) is 7.50. The Morgan fingerprint density at radius 2 is 2.17 bits per heavy atom. The van der Waals surface area contributed by atoms with Crippen molar-refractivity contribution < 1.29 is 9.47 Å². The van der Waals surface area contributed by atoms with Crippen molar-refractivity contribution in [3.63, 3.8) is 0 Å². The van der Waals surface area contributed by atoms with Crippen molar-refractivity contribution in [2.45, 2.75) is 45.4 Å². The molecule has 6 heteroatoms. The molecule has 2 N–H and O–H groups in total. The molecule has 0 aromatic carbocycles. The summed E-state index contributed by atoms with van der Waals surface area (Å²) in [5.41, 5.74) is 0.518. The Kier molecular flexibility index (Phi) is 10.5. The van der Waals surface area contributed by atoms with Crippen LogP contribution < -0.4 is 10.6 Å². The van der Waals surface area contributed by atoms with Gasteiger partial charge in [-0.3, -0.25) is 4.99 Å². The largest absolute Gasteiger partial charge is 0.381 e. The van der Waals surface area contributed by atoms with E-state index in [4.69, 9.17) is 9.47 Å². The smallest absolute Gasteiger partial charge is 0.190 e. The first-order chi connectivity index (χ1) is 10.8. The zero-order valence-corrected chi connectivity index (χ0v) is 17.1. The first-order valence-electron chi connectivity index (χ1n) is 8.88. The Labute approximate surface area is 158 Å². The lowest BCUT2D eigenvalue weighted by Crippen LogP contribution is -2.46. The first kappa shape index (κ1) is 21.0. The van der Waals surface area contributed by atoms with Gasteiger partial charge >= 0.3 is 0 Å². The highest BCUT2D eigenvalue weighted by atomic mass is 127. The van der Waals surface area contributed by atoms with Crippen LogP contribution in [0.3, 0.4) is 0 Å². The molecule has 0 aromatic rings. The monoisotopic (exact) mass is 439 g/mol. The van der Waals surface area contributed by atoms with E-state index in [9.17, 15) is 0 Å². The molecule has 1 saturated heterocycles. The molecule has 0 radical (unpaired) electrons. The summed E-state index contributed by atoms with van der Waals surface area (Å²) in [5.74, 6) is 1.53. The highest BCUT2D eigenvalue weighted by molar-refractivity contribution is 14.0. The van der Waals surface area contributed by atoms with Crippen LogP contribution in [0.1, 0.15) is 45.4 Å². The molecular formula is C17H34IN3O2. The summed E-state index contributed by atoms with van der Waals surface area (Å²) < 4.78 is 11.1. The molecule has 2 aliphatic rings. The zero-order chi connectivity index (χ0) is 15.7. The zero-order valence-electron chi connectivity index (χ0n) is 14.7.